The normalized spacial score (nSPS) is 23.4. The topological polar surface area (TPSA) is 87.3 Å². The molecule has 7 nitrogen and oxygen atoms in total. The lowest BCUT2D eigenvalue weighted by Crippen LogP contribution is -2.43. The van der Waals surface area contributed by atoms with Crippen LogP contribution in [0.4, 0.5) is 0 Å². The molecule has 2 heterocycles. The summed E-state index contributed by atoms with van der Waals surface area (Å²) in [4.78, 5) is 9.42. The van der Waals surface area contributed by atoms with Crippen LogP contribution in [-0.2, 0) is 14.8 Å². The summed E-state index contributed by atoms with van der Waals surface area (Å²) < 4.78 is 33.4. The molecule has 0 aliphatic carbocycles. The van der Waals surface area contributed by atoms with Crippen molar-refractivity contribution in [2.75, 3.05) is 26.7 Å². The van der Waals surface area contributed by atoms with Crippen LogP contribution in [0.25, 0.3) is 11.0 Å². The number of H-pyrrole nitrogens is 1. The van der Waals surface area contributed by atoms with Crippen LogP contribution in [0, 0.1) is 0 Å². The average molecular weight is 324 g/mol. The monoisotopic (exact) mass is 324 g/mol. The number of nitrogens with one attached hydrogen (secondary N) is 2. The molecule has 2 aromatic rings. The third-order valence-electron chi connectivity index (χ3n) is 4.10. The Morgan fingerprint density at radius 3 is 3.00 bits per heavy atom. The molecular formula is C14H20N4O3S. The third kappa shape index (κ3) is 2.87. The molecular weight excluding hydrogens is 304 g/mol. The maximum absolute atomic E-state index is 12.6. The van der Waals surface area contributed by atoms with Crippen LogP contribution < -0.4 is 4.72 Å². The molecule has 120 valence electrons. The highest BCUT2D eigenvalue weighted by atomic mass is 32.2. The molecule has 2 unspecified atom stereocenters. The first-order valence-corrected chi connectivity index (χ1v) is 8.72. The smallest absolute Gasteiger partial charge is 0.241 e. The predicted molar refractivity (Wildman–Crippen MR) is 83.1 cm³/mol. The van der Waals surface area contributed by atoms with Crippen molar-refractivity contribution in [1.29, 1.82) is 0 Å². The minimum atomic E-state index is -3.59. The van der Waals surface area contributed by atoms with Gasteiger partial charge in [-0.3, -0.25) is 4.90 Å². The van der Waals surface area contributed by atoms with Gasteiger partial charge in [-0.15, -0.1) is 0 Å². The highest BCUT2D eigenvalue weighted by Gasteiger charge is 2.35. The summed E-state index contributed by atoms with van der Waals surface area (Å²) in [5.74, 6) is 0. The van der Waals surface area contributed by atoms with Gasteiger partial charge in [-0.25, -0.2) is 18.1 Å². The van der Waals surface area contributed by atoms with Crippen LogP contribution in [0.2, 0.25) is 0 Å². The molecule has 1 saturated heterocycles. The molecule has 8 heteroatoms. The van der Waals surface area contributed by atoms with Crippen LogP contribution in [0.5, 0.6) is 0 Å². The van der Waals surface area contributed by atoms with Gasteiger partial charge in [0.1, 0.15) is 0 Å². The van der Waals surface area contributed by atoms with Gasteiger partial charge < -0.3 is 9.72 Å². The fraction of sp³-hybridized carbons (Fsp3) is 0.500. The number of fused-ring (bicyclic) bond motifs is 1. The molecule has 3 rings (SSSR count). The van der Waals surface area contributed by atoms with Gasteiger partial charge in [-0.1, -0.05) is 6.92 Å². The molecule has 0 radical (unpaired) electrons. The van der Waals surface area contributed by atoms with E-state index < -0.39 is 10.0 Å². The Hall–Kier alpha value is -1.48. The maximum atomic E-state index is 12.6. The number of sulfonamides is 1. The lowest BCUT2D eigenvalue weighted by molar-refractivity contribution is 0.0954. The molecule has 1 aromatic heterocycles. The Balaban J connectivity index is 1.83. The van der Waals surface area contributed by atoms with E-state index in [0.29, 0.717) is 12.1 Å². The molecule has 0 spiro atoms. The number of benzene rings is 1. The highest BCUT2D eigenvalue weighted by Crippen LogP contribution is 2.19. The number of rotatable bonds is 5. The third-order valence-corrected chi connectivity index (χ3v) is 5.59. The van der Waals surface area contributed by atoms with Crippen molar-refractivity contribution in [1.82, 2.24) is 19.6 Å². The molecule has 22 heavy (non-hydrogen) atoms. The number of methoxy groups -OCH3 is 1. The van der Waals surface area contributed by atoms with E-state index in [9.17, 15) is 8.42 Å². The number of aromatic nitrogens is 2. The van der Waals surface area contributed by atoms with Crippen molar-refractivity contribution in [2.45, 2.75) is 24.0 Å². The molecule has 1 fully saturated rings. The van der Waals surface area contributed by atoms with Gasteiger partial charge in [0, 0.05) is 20.2 Å². The fourth-order valence-corrected chi connectivity index (χ4v) is 4.09. The molecule has 2 atom stereocenters. The van der Waals surface area contributed by atoms with Gasteiger partial charge in [-0.2, -0.15) is 0 Å². The summed E-state index contributed by atoms with van der Waals surface area (Å²) in [6, 6.07) is 4.62. The van der Waals surface area contributed by atoms with Crippen molar-refractivity contribution in [3.63, 3.8) is 0 Å². The van der Waals surface area contributed by atoms with Gasteiger partial charge in [0.25, 0.3) is 0 Å². The van der Waals surface area contributed by atoms with Crippen LogP contribution >= 0.6 is 0 Å². The number of imidazole rings is 1. The van der Waals surface area contributed by atoms with E-state index in [-0.39, 0.29) is 17.0 Å². The SMILES string of the molecule is CCN1CC(NS(=O)(=O)c2ccc3nc[nH]c3c2)C(OC)C1. The largest absolute Gasteiger partial charge is 0.378 e. The number of likely N-dealkylation sites (N-methyl/N-ethyl adjacent to an activating group) is 1. The average Bonchev–Trinajstić information content (AvgIpc) is 3.11. The van der Waals surface area contributed by atoms with E-state index >= 15 is 0 Å². The lowest BCUT2D eigenvalue weighted by atomic mass is 10.2. The van der Waals surface area contributed by atoms with Crippen molar-refractivity contribution >= 4 is 21.1 Å². The van der Waals surface area contributed by atoms with Crippen molar-refractivity contribution in [2.24, 2.45) is 0 Å². The Morgan fingerprint density at radius 2 is 2.27 bits per heavy atom. The summed E-state index contributed by atoms with van der Waals surface area (Å²) in [6.45, 7) is 4.31. The summed E-state index contributed by atoms with van der Waals surface area (Å²) in [5.41, 5.74) is 1.44. The van der Waals surface area contributed by atoms with Crippen molar-refractivity contribution in [3.8, 4) is 0 Å². The summed E-state index contributed by atoms with van der Waals surface area (Å²) >= 11 is 0. The molecule has 1 aromatic carbocycles. The number of aromatic amines is 1. The van der Waals surface area contributed by atoms with Crippen LogP contribution in [0.1, 0.15) is 6.92 Å². The van der Waals surface area contributed by atoms with Gasteiger partial charge in [-0.05, 0) is 24.7 Å². The van der Waals surface area contributed by atoms with Crippen LogP contribution in [0.3, 0.4) is 0 Å². The van der Waals surface area contributed by atoms with Crippen molar-refractivity contribution < 1.29 is 13.2 Å². The first-order chi connectivity index (χ1) is 10.5. The predicted octanol–water partition coefficient (Wildman–Crippen LogP) is 0.560. The molecule has 0 bridgehead atoms. The van der Waals surface area contributed by atoms with E-state index in [1.54, 1.807) is 31.6 Å². The van der Waals surface area contributed by atoms with E-state index in [2.05, 4.69) is 26.5 Å². The second kappa shape index (κ2) is 5.96. The standard InChI is InChI=1S/C14H20N4O3S/c1-3-18-7-13(14(8-18)21-2)17-22(19,20)10-4-5-11-12(6-10)16-9-15-11/h4-6,9,13-14,17H,3,7-8H2,1-2H3,(H,15,16). The van der Waals surface area contributed by atoms with E-state index in [1.807, 2.05) is 0 Å². The molecule has 0 amide bonds. The molecule has 1 aliphatic heterocycles. The Kier molecular flexibility index (Phi) is 4.18. The van der Waals surface area contributed by atoms with Gasteiger partial charge in [0.05, 0.1) is 34.4 Å². The zero-order valence-electron chi connectivity index (χ0n) is 12.6. The number of nitrogens with zero attached hydrogens (tertiary/aromatic N) is 2. The Labute approximate surface area is 129 Å². The maximum Gasteiger partial charge on any atom is 0.241 e. The number of likely N-dealkylation sites (tertiary alicyclic amines) is 1. The molecule has 2 N–H and O–H groups in total. The number of hydrogen-bond donors (Lipinski definition) is 2. The second-order valence-corrected chi connectivity index (χ2v) is 7.15. The lowest BCUT2D eigenvalue weighted by Gasteiger charge is -2.18. The number of hydrogen-bond acceptors (Lipinski definition) is 5. The minimum Gasteiger partial charge on any atom is -0.378 e. The molecule has 1 aliphatic rings. The van der Waals surface area contributed by atoms with Crippen molar-refractivity contribution in [3.05, 3.63) is 24.5 Å². The summed E-state index contributed by atoms with van der Waals surface area (Å²) in [6.07, 6.45) is 1.41. The second-order valence-electron chi connectivity index (χ2n) is 5.44. The summed E-state index contributed by atoms with van der Waals surface area (Å²) in [7, 11) is -1.98. The Morgan fingerprint density at radius 1 is 1.45 bits per heavy atom. The quantitative estimate of drug-likeness (QED) is 0.839. The zero-order valence-corrected chi connectivity index (χ0v) is 13.4. The first kappa shape index (κ1) is 15.4. The van der Waals surface area contributed by atoms with Gasteiger partial charge >= 0.3 is 0 Å². The fourth-order valence-electron chi connectivity index (χ4n) is 2.81. The zero-order chi connectivity index (χ0) is 15.7. The highest BCUT2D eigenvalue weighted by molar-refractivity contribution is 7.89. The number of ether oxygens (including phenoxy) is 1. The Bertz CT molecular complexity index is 758. The van der Waals surface area contributed by atoms with Gasteiger partial charge in [0.2, 0.25) is 10.0 Å². The van der Waals surface area contributed by atoms with Crippen LogP contribution in [0.15, 0.2) is 29.4 Å². The van der Waals surface area contributed by atoms with E-state index in [0.717, 1.165) is 18.6 Å². The first-order valence-electron chi connectivity index (χ1n) is 7.24. The molecule has 0 saturated carbocycles. The van der Waals surface area contributed by atoms with E-state index in [4.69, 9.17) is 4.74 Å². The van der Waals surface area contributed by atoms with Crippen LogP contribution in [-0.4, -0.2) is 62.2 Å². The minimum absolute atomic E-state index is 0.134. The van der Waals surface area contributed by atoms with Gasteiger partial charge in [0.15, 0.2) is 0 Å². The summed E-state index contributed by atoms with van der Waals surface area (Å²) in [5, 5.41) is 0. The van der Waals surface area contributed by atoms with E-state index in [1.165, 1.54) is 0 Å².